The Kier molecular flexibility index (Phi) is 5.66. The number of fused-ring (bicyclic) bond motifs is 1. The average Bonchev–Trinajstić information content (AvgIpc) is 3.37. The van der Waals surface area contributed by atoms with Gasteiger partial charge in [-0.2, -0.15) is 0 Å². The second-order valence-electron chi connectivity index (χ2n) is 6.56. The van der Waals surface area contributed by atoms with Gasteiger partial charge in [-0.15, -0.1) is 5.10 Å². The maximum Gasteiger partial charge on any atom is 0.217 e. The number of nitrogens with one attached hydrogen (secondary N) is 2. The molecule has 0 saturated carbocycles. The minimum Gasteiger partial charge on any atom is -0.341 e. The molecule has 0 fully saturated rings. The number of hydrogen-bond acceptors (Lipinski definition) is 6. The third-order valence-electron chi connectivity index (χ3n) is 4.46. The fourth-order valence-electron chi connectivity index (χ4n) is 2.97. The van der Waals surface area contributed by atoms with Crippen molar-refractivity contribution < 1.29 is 9.18 Å². The fourth-order valence-corrected chi connectivity index (χ4v) is 2.97. The first kappa shape index (κ1) is 18.9. The molecule has 0 unspecified atom stereocenters. The highest BCUT2D eigenvalue weighted by Gasteiger charge is 2.13. The lowest BCUT2D eigenvalue weighted by atomic mass is 10.1. The summed E-state index contributed by atoms with van der Waals surface area (Å²) < 4.78 is 15.2. The Balaban J connectivity index is 1.23. The number of hydrogen-bond donors (Lipinski definition) is 2. The SMILES string of the molecule is O=C(CCc1ncccc1F)c1ncn(CCNCc2nc3ccccc3[nH]2)n1. The monoisotopic (exact) mass is 393 g/mol. The maximum absolute atomic E-state index is 13.6. The molecule has 4 rings (SSSR count). The number of aryl methyl sites for hydroxylation is 1. The quantitative estimate of drug-likeness (QED) is 0.334. The van der Waals surface area contributed by atoms with E-state index < -0.39 is 5.82 Å². The zero-order chi connectivity index (χ0) is 20.1. The topological polar surface area (TPSA) is 101 Å². The Bertz CT molecular complexity index is 1090. The van der Waals surface area contributed by atoms with Crippen LogP contribution in [0.25, 0.3) is 11.0 Å². The van der Waals surface area contributed by atoms with Crippen LogP contribution in [0.15, 0.2) is 48.9 Å². The van der Waals surface area contributed by atoms with Crippen molar-refractivity contribution in [3.63, 3.8) is 0 Å². The average molecular weight is 393 g/mol. The molecule has 1 aromatic carbocycles. The van der Waals surface area contributed by atoms with Gasteiger partial charge in [-0.3, -0.25) is 14.5 Å². The minimum absolute atomic E-state index is 0.113. The van der Waals surface area contributed by atoms with Gasteiger partial charge in [0.1, 0.15) is 18.0 Å². The lowest BCUT2D eigenvalue weighted by Crippen LogP contribution is -2.20. The van der Waals surface area contributed by atoms with E-state index in [0.29, 0.717) is 19.6 Å². The number of halogens is 1. The van der Waals surface area contributed by atoms with E-state index in [9.17, 15) is 9.18 Å². The number of carbonyl (C=O) groups excluding carboxylic acids is 1. The molecule has 0 atom stereocenters. The Morgan fingerprint density at radius 2 is 2.07 bits per heavy atom. The van der Waals surface area contributed by atoms with Crippen LogP contribution in [0.2, 0.25) is 0 Å². The number of carbonyl (C=O) groups is 1. The summed E-state index contributed by atoms with van der Waals surface area (Å²) in [5, 5.41) is 7.49. The van der Waals surface area contributed by atoms with Gasteiger partial charge in [0.15, 0.2) is 0 Å². The standard InChI is InChI=1S/C20H20FN7O/c21-14-4-3-9-23-15(14)7-8-18(29)20-24-13-28(27-20)11-10-22-12-19-25-16-5-1-2-6-17(16)26-19/h1-6,9,13,22H,7-8,10-12H2,(H,25,26). The number of para-hydroxylation sites is 2. The number of Topliss-reactive ketones (excluding diaryl/α,β-unsaturated/α-hetero) is 1. The van der Waals surface area contributed by atoms with E-state index in [1.54, 1.807) is 4.68 Å². The van der Waals surface area contributed by atoms with Crippen LogP contribution in [0.3, 0.4) is 0 Å². The van der Waals surface area contributed by atoms with Gasteiger partial charge in [0.2, 0.25) is 11.6 Å². The molecule has 148 valence electrons. The summed E-state index contributed by atoms with van der Waals surface area (Å²) in [6, 6.07) is 10.7. The van der Waals surface area contributed by atoms with E-state index in [-0.39, 0.29) is 30.1 Å². The van der Waals surface area contributed by atoms with Crippen molar-refractivity contribution in [1.29, 1.82) is 0 Å². The van der Waals surface area contributed by atoms with Gasteiger partial charge >= 0.3 is 0 Å². The molecule has 0 bridgehead atoms. The molecule has 0 radical (unpaired) electrons. The minimum atomic E-state index is -0.408. The Labute approximate surface area is 166 Å². The van der Waals surface area contributed by atoms with Crippen molar-refractivity contribution in [1.82, 2.24) is 35.0 Å². The molecule has 3 aromatic heterocycles. The molecular formula is C20H20FN7O. The first-order valence-electron chi connectivity index (χ1n) is 9.35. The predicted molar refractivity (Wildman–Crippen MR) is 105 cm³/mol. The van der Waals surface area contributed by atoms with Crippen LogP contribution in [0.4, 0.5) is 4.39 Å². The summed E-state index contributed by atoms with van der Waals surface area (Å²) in [6.45, 7) is 1.81. The number of imidazole rings is 1. The zero-order valence-corrected chi connectivity index (χ0v) is 15.7. The lowest BCUT2D eigenvalue weighted by Gasteiger charge is -2.02. The Hall–Kier alpha value is -3.46. The number of benzene rings is 1. The van der Waals surface area contributed by atoms with Crippen molar-refractivity contribution in [2.75, 3.05) is 6.54 Å². The molecule has 29 heavy (non-hydrogen) atoms. The molecule has 0 saturated heterocycles. The second kappa shape index (κ2) is 8.70. The van der Waals surface area contributed by atoms with E-state index in [0.717, 1.165) is 16.9 Å². The summed E-state index contributed by atoms with van der Waals surface area (Å²) >= 11 is 0. The van der Waals surface area contributed by atoms with Crippen molar-refractivity contribution in [2.24, 2.45) is 0 Å². The molecule has 8 nitrogen and oxygen atoms in total. The van der Waals surface area contributed by atoms with E-state index in [2.05, 4.69) is 30.4 Å². The maximum atomic E-state index is 13.6. The number of aromatic amines is 1. The van der Waals surface area contributed by atoms with E-state index in [1.807, 2.05) is 24.3 Å². The summed E-state index contributed by atoms with van der Waals surface area (Å²) in [5.41, 5.74) is 2.22. The molecule has 9 heteroatoms. The van der Waals surface area contributed by atoms with Crippen LogP contribution in [0.5, 0.6) is 0 Å². The number of aromatic nitrogens is 6. The normalized spacial score (nSPS) is 11.2. The van der Waals surface area contributed by atoms with Gasteiger partial charge in [0, 0.05) is 19.2 Å². The smallest absolute Gasteiger partial charge is 0.217 e. The number of ketones is 1. The van der Waals surface area contributed by atoms with Crippen LogP contribution >= 0.6 is 0 Å². The third-order valence-corrected chi connectivity index (χ3v) is 4.46. The molecule has 0 aliphatic heterocycles. The van der Waals surface area contributed by atoms with Crippen LogP contribution in [-0.2, 0) is 19.5 Å². The lowest BCUT2D eigenvalue weighted by molar-refractivity contribution is 0.0972. The van der Waals surface area contributed by atoms with Gasteiger partial charge < -0.3 is 10.3 Å². The molecule has 2 N–H and O–H groups in total. The van der Waals surface area contributed by atoms with Crippen LogP contribution < -0.4 is 5.32 Å². The largest absolute Gasteiger partial charge is 0.341 e. The highest BCUT2D eigenvalue weighted by atomic mass is 19.1. The predicted octanol–water partition coefficient (Wildman–Crippen LogP) is 2.29. The van der Waals surface area contributed by atoms with Gasteiger partial charge in [-0.1, -0.05) is 12.1 Å². The Morgan fingerprint density at radius 3 is 2.93 bits per heavy atom. The number of nitrogens with zero attached hydrogens (tertiary/aromatic N) is 5. The Morgan fingerprint density at radius 1 is 1.17 bits per heavy atom. The van der Waals surface area contributed by atoms with E-state index >= 15 is 0 Å². The summed E-state index contributed by atoms with van der Waals surface area (Å²) in [4.78, 5) is 28.0. The molecule has 0 aliphatic carbocycles. The van der Waals surface area contributed by atoms with E-state index in [1.165, 1.54) is 24.7 Å². The molecule has 0 spiro atoms. The van der Waals surface area contributed by atoms with Crippen molar-refractivity contribution in [3.8, 4) is 0 Å². The van der Waals surface area contributed by atoms with Gasteiger partial charge in [0.25, 0.3) is 0 Å². The first-order valence-corrected chi connectivity index (χ1v) is 9.35. The first-order chi connectivity index (χ1) is 14.2. The van der Waals surface area contributed by atoms with Gasteiger partial charge in [-0.05, 0) is 30.7 Å². The van der Waals surface area contributed by atoms with E-state index in [4.69, 9.17) is 0 Å². The summed E-state index contributed by atoms with van der Waals surface area (Å²) in [6.07, 6.45) is 3.37. The van der Waals surface area contributed by atoms with Gasteiger partial charge in [-0.25, -0.2) is 14.4 Å². The molecule has 0 amide bonds. The highest BCUT2D eigenvalue weighted by molar-refractivity contribution is 5.92. The molecule has 4 aromatic rings. The van der Waals surface area contributed by atoms with Crippen molar-refractivity contribution >= 4 is 16.8 Å². The number of pyridine rings is 1. The van der Waals surface area contributed by atoms with Crippen LogP contribution in [-0.4, -0.2) is 42.0 Å². The van der Waals surface area contributed by atoms with Crippen LogP contribution in [0, 0.1) is 5.82 Å². The van der Waals surface area contributed by atoms with Crippen molar-refractivity contribution in [3.05, 3.63) is 72.1 Å². The molecular weight excluding hydrogens is 373 g/mol. The summed E-state index contributed by atoms with van der Waals surface area (Å²) in [7, 11) is 0. The second-order valence-corrected chi connectivity index (χ2v) is 6.56. The summed E-state index contributed by atoms with van der Waals surface area (Å²) in [5.74, 6) is 0.361. The fraction of sp³-hybridized carbons (Fsp3) is 0.250. The number of H-pyrrole nitrogens is 1. The highest BCUT2D eigenvalue weighted by Crippen LogP contribution is 2.10. The zero-order valence-electron chi connectivity index (χ0n) is 15.7. The molecule has 0 aliphatic rings. The van der Waals surface area contributed by atoms with Gasteiger partial charge in [0.05, 0.1) is 29.8 Å². The van der Waals surface area contributed by atoms with Crippen LogP contribution in [0.1, 0.15) is 28.6 Å². The third kappa shape index (κ3) is 4.69. The van der Waals surface area contributed by atoms with Crippen molar-refractivity contribution in [2.45, 2.75) is 25.9 Å². The molecule has 3 heterocycles. The number of rotatable bonds is 9.